The maximum absolute atomic E-state index is 12.7. The fraction of sp³-hybridized carbons (Fsp3) is 0.667. The number of rotatable bonds is 10. The van der Waals surface area contributed by atoms with Crippen molar-refractivity contribution in [3.05, 3.63) is 45.0 Å². The lowest BCUT2D eigenvalue weighted by Gasteiger charge is -2.20. The standard InChI is InChI=1S/C18H28N5O7P/c1-5-28-31(26,29-6-2)11-22-10-13(20-21-22)9-14-12(3)16(27-4)17(30-14)23-8-7-15(24)19-18(23)25/h7-8,10,12,14,16-17H,5-6,9,11H2,1-4H3,(H,19,24,25). The van der Waals surface area contributed by atoms with Crippen LogP contribution in [0.1, 0.15) is 32.7 Å². The van der Waals surface area contributed by atoms with Gasteiger partial charge in [0.1, 0.15) is 12.4 Å². The van der Waals surface area contributed by atoms with Gasteiger partial charge < -0.3 is 18.5 Å². The molecule has 0 saturated carbocycles. The minimum Gasteiger partial charge on any atom is -0.376 e. The molecule has 1 saturated heterocycles. The van der Waals surface area contributed by atoms with Crippen molar-refractivity contribution in [2.45, 2.75) is 51.9 Å². The summed E-state index contributed by atoms with van der Waals surface area (Å²) in [6, 6.07) is 1.26. The molecule has 0 spiro atoms. The van der Waals surface area contributed by atoms with Crippen LogP contribution in [0.4, 0.5) is 0 Å². The molecule has 3 rings (SSSR count). The third-order valence-electron chi connectivity index (χ3n) is 5.06. The Bertz CT molecular complexity index is 1020. The van der Waals surface area contributed by atoms with Crippen molar-refractivity contribution in [3.63, 3.8) is 0 Å². The van der Waals surface area contributed by atoms with E-state index in [1.807, 2.05) is 6.92 Å². The lowest BCUT2D eigenvalue weighted by Crippen LogP contribution is -2.36. The Morgan fingerprint density at radius 3 is 2.58 bits per heavy atom. The molecule has 0 radical (unpaired) electrons. The molecule has 1 fully saturated rings. The van der Waals surface area contributed by atoms with Crippen molar-refractivity contribution in [1.82, 2.24) is 24.5 Å². The molecular weight excluding hydrogens is 429 g/mol. The van der Waals surface area contributed by atoms with Crippen LogP contribution in [0.2, 0.25) is 0 Å². The molecule has 172 valence electrons. The second-order valence-corrected chi connectivity index (χ2v) is 9.20. The molecule has 0 amide bonds. The molecule has 1 N–H and O–H groups in total. The van der Waals surface area contributed by atoms with Crippen molar-refractivity contribution < 1.29 is 23.1 Å². The van der Waals surface area contributed by atoms with Gasteiger partial charge in [-0.1, -0.05) is 12.1 Å². The van der Waals surface area contributed by atoms with Crippen LogP contribution in [0, 0.1) is 5.92 Å². The first-order chi connectivity index (χ1) is 14.8. The van der Waals surface area contributed by atoms with E-state index in [0.717, 1.165) is 0 Å². The van der Waals surface area contributed by atoms with Gasteiger partial charge in [0, 0.05) is 37.9 Å². The quantitative estimate of drug-likeness (QED) is 0.520. The summed E-state index contributed by atoms with van der Waals surface area (Å²) in [7, 11) is -1.76. The predicted octanol–water partition coefficient (Wildman–Crippen LogP) is 1.14. The van der Waals surface area contributed by atoms with Crippen LogP contribution in [0.25, 0.3) is 0 Å². The van der Waals surface area contributed by atoms with E-state index in [9.17, 15) is 14.2 Å². The number of nitrogens with zero attached hydrogens (tertiary/aromatic N) is 4. The van der Waals surface area contributed by atoms with Crippen LogP contribution in [-0.2, 0) is 35.8 Å². The van der Waals surface area contributed by atoms with Crippen molar-refractivity contribution in [3.8, 4) is 0 Å². The number of ether oxygens (including phenoxy) is 2. The van der Waals surface area contributed by atoms with E-state index in [-0.39, 0.29) is 31.5 Å². The number of nitrogens with one attached hydrogen (secondary N) is 1. The first-order valence-electron chi connectivity index (χ1n) is 10.1. The minimum atomic E-state index is -3.31. The monoisotopic (exact) mass is 457 g/mol. The fourth-order valence-corrected chi connectivity index (χ4v) is 5.18. The SMILES string of the molecule is CCOP(=O)(Cn1cc(CC2OC(n3ccc(=O)[nH]c3=O)C(OC)C2C)nn1)OCC. The van der Waals surface area contributed by atoms with Crippen LogP contribution in [0.3, 0.4) is 0 Å². The second-order valence-electron chi connectivity index (χ2n) is 7.18. The molecule has 1 aliphatic rings. The van der Waals surface area contributed by atoms with Crippen LogP contribution < -0.4 is 11.2 Å². The largest absolute Gasteiger partial charge is 0.376 e. The highest BCUT2D eigenvalue weighted by Gasteiger charge is 2.44. The Morgan fingerprint density at radius 2 is 1.97 bits per heavy atom. The molecule has 2 aromatic rings. The Balaban J connectivity index is 1.74. The van der Waals surface area contributed by atoms with Gasteiger partial charge in [0.25, 0.3) is 5.56 Å². The molecule has 2 aromatic heterocycles. The van der Waals surface area contributed by atoms with Gasteiger partial charge in [0.05, 0.1) is 25.0 Å². The van der Waals surface area contributed by atoms with E-state index in [1.165, 1.54) is 21.5 Å². The first-order valence-corrected chi connectivity index (χ1v) is 11.8. The Labute approximate surface area is 179 Å². The fourth-order valence-electron chi connectivity index (χ4n) is 3.67. The summed E-state index contributed by atoms with van der Waals surface area (Å²) in [6.07, 6.45) is 2.01. The third kappa shape index (κ3) is 5.39. The molecule has 0 aromatic carbocycles. The molecular formula is C18H28N5O7P. The summed E-state index contributed by atoms with van der Waals surface area (Å²) in [5.41, 5.74) is -0.424. The van der Waals surface area contributed by atoms with Gasteiger partial charge in [0.15, 0.2) is 6.23 Å². The smallest absolute Gasteiger partial charge is 0.351 e. The number of hydrogen-bond donors (Lipinski definition) is 1. The molecule has 1 aliphatic heterocycles. The highest BCUT2D eigenvalue weighted by atomic mass is 31.2. The van der Waals surface area contributed by atoms with Crippen LogP contribution in [-0.4, -0.2) is 57.1 Å². The zero-order chi connectivity index (χ0) is 22.6. The number of hydrogen-bond acceptors (Lipinski definition) is 9. The number of aromatic nitrogens is 5. The summed E-state index contributed by atoms with van der Waals surface area (Å²) in [4.78, 5) is 25.8. The molecule has 0 aliphatic carbocycles. The Morgan fingerprint density at radius 1 is 1.26 bits per heavy atom. The Hall–Kier alpha value is -2.11. The van der Waals surface area contributed by atoms with Crippen LogP contribution >= 0.6 is 7.60 Å². The summed E-state index contributed by atoms with van der Waals surface area (Å²) < 4.78 is 37.7. The minimum absolute atomic E-state index is 0.0428. The molecule has 3 heterocycles. The summed E-state index contributed by atoms with van der Waals surface area (Å²) in [5.74, 6) is -0.0723. The van der Waals surface area contributed by atoms with Gasteiger partial charge in [0.2, 0.25) is 0 Å². The third-order valence-corrected chi connectivity index (χ3v) is 7.00. The van der Waals surface area contributed by atoms with E-state index in [4.69, 9.17) is 18.5 Å². The average Bonchev–Trinajstić information content (AvgIpc) is 3.26. The average molecular weight is 457 g/mol. The predicted molar refractivity (Wildman–Crippen MR) is 110 cm³/mol. The normalized spacial score (nSPS) is 24.0. The van der Waals surface area contributed by atoms with Gasteiger partial charge in [-0.2, -0.15) is 0 Å². The lowest BCUT2D eigenvalue weighted by molar-refractivity contribution is -0.0524. The first kappa shape index (κ1) is 23.6. The van der Waals surface area contributed by atoms with Gasteiger partial charge in [-0.25, -0.2) is 9.48 Å². The Kier molecular flexibility index (Phi) is 7.60. The van der Waals surface area contributed by atoms with Crippen molar-refractivity contribution >= 4 is 7.60 Å². The zero-order valence-electron chi connectivity index (χ0n) is 18.0. The number of aromatic amines is 1. The van der Waals surface area contributed by atoms with Crippen LogP contribution in [0.5, 0.6) is 0 Å². The molecule has 4 atom stereocenters. The van der Waals surface area contributed by atoms with Gasteiger partial charge >= 0.3 is 13.3 Å². The second kappa shape index (κ2) is 10.0. The highest BCUT2D eigenvalue weighted by Crippen LogP contribution is 2.49. The highest BCUT2D eigenvalue weighted by molar-refractivity contribution is 7.52. The topological polar surface area (TPSA) is 140 Å². The molecule has 12 nitrogen and oxygen atoms in total. The van der Waals surface area contributed by atoms with Gasteiger partial charge in [-0.3, -0.25) is 18.9 Å². The van der Waals surface area contributed by atoms with E-state index in [1.54, 1.807) is 27.2 Å². The van der Waals surface area contributed by atoms with Gasteiger partial charge in [-0.05, 0) is 13.8 Å². The van der Waals surface area contributed by atoms with E-state index >= 15 is 0 Å². The van der Waals surface area contributed by atoms with Gasteiger partial charge in [-0.15, -0.1) is 5.10 Å². The molecule has 13 heteroatoms. The summed E-state index contributed by atoms with van der Waals surface area (Å²) in [5, 5.41) is 8.17. The van der Waals surface area contributed by atoms with Crippen LogP contribution in [0.15, 0.2) is 28.0 Å². The van der Waals surface area contributed by atoms with Crippen molar-refractivity contribution in [2.24, 2.45) is 5.92 Å². The van der Waals surface area contributed by atoms with E-state index < -0.39 is 31.2 Å². The molecule has 4 unspecified atom stereocenters. The number of methoxy groups -OCH3 is 1. The van der Waals surface area contributed by atoms with Crippen molar-refractivity contribution in [2.75, 3.05) is 20.3 Å². The summed E-state index contributed by atoms with van der Waals surface area (Å²) in [6.45, 7) is 5.96. The van der Waals surface area contributed by atoms with E-state index in [2.05, 4.69) is 15.3 Å². The molecule has 0 bridgehead atoms. The lowest BCUT2D eigenvalue weighted by atomic mass is 9.97. The number of H-pyrrole nitrogens is 1. The van der Waals surface area contributed by atoms with E-state index in [0.29, 0.717) is 12.1 Å². The summed E-state index contributed by atoms with van der Waals surface area (Å²) >= 11 is 0. The molecule has 31 heavy (non-hydrogen) atoms. The van der Waals surface area contributed by atoms with Crippen molar-refractivity contribution in [1.29, 1.82) is 0 Å². The zero-order valence-corrected chi connectivity index (χ0v) is 18.9. The maximum Gasteiger partial charge on any atom is 0.351 e. The maximum atomic E-state index is 12.7.